The van der Waals surface area contributed by atoms with Crippen LogP contribution < -0.4 is 10.6 Å². The summed E-state index contributed by atoms with van der Waals surface area (Å²) >= 11 is 0. The molecule has 1 saturated carbocycles. The summed E-state index contributed by atoms with van der Waals surface area (Å²) in [6.45, 7) is 2.10. The molecule has 2 aliphatic rings. The van der Waals surface area contributed by atoms with E-state index >= 15 is 0 Å². The SMILES string of the molecule is N=C(N)c1cncnc1N1CC2CCCC(C2)C1. The highest BCUT2D eigenvalue weighted by Crippen LogP contribution is 2.36. The molecule has 96 valence electrons. The van der Waals surface area contributed by atoms with E-state index in [0.717, 1.165) is 30.7 Å². The van der Waals surface area contributed by atoms with E-state index < -0.39 is 0 Å². The molecule has 0 radical (unpaired) electrons. The van der Waals surface area contributed by atoms with Crippen LogP contribution in [-0.4, -0.2) is 28.9 Å². The van der Waals surface area contributed by atoms with Crippen molar-refractivity contribution in [3.8, 4) is 0 Å². The minimum atomic E-state index is 0.0568. The molecule has 0 spiro atoms. The van der Waals surface area contributed by atoms with Crippen LogP contribution in [0, 0.1) is 17.2 Å². The number of piperidine rings is 1. The molecular formula is C13H19N5. The Kier molecular flexibility index (Phi) is 2.89. The average Bonchev–Trinajstić information content (AvgIpc) is 2.38. The highest BCUT2D eigenvalue weighted by molar-refractivity contribution is 5.99. The van der Waals surface area contributed by atoms with E-state index in [1.54, 1.807) is 12.5 Å². The van der Waals surface area contributed by atoms with E-state index in [-0.39, 0.29) is 5.84 Å². The van der Waals surface area contributed by atoms with Crippen molar-refractivity contribution in [3.05, 3.63) is 18.1 Å². The average molecular weight is 245 g/mol. The molecule has 1 aliphatic heterocycles. The van der Waals surface area contributed by atoms with Crippen LogP contribution in [0.4, 0.5) is 5.82 Å². The molecule has 1 saturated heterocycles. The number of hydrogen-bond donors (Lipinski definition) is 2. The first-order valence-electron chi connectivity index (χ1n) is 6.63. The van der Waals surface area contributed by atoms with Gasteiger partial charge in [-0.3, -0.25) is 5.41 Å². The van der Waals surface area contributed by atoms with E-state index in [0.29, 0.717) is 5.56 Å². The quantitative estimate of drug-likeness (QED) is 0.609. The first-order chi connectivity index (χ1) is 8.74. The number of hydrogen-bond acceptors (Lipinski definition) is 4. The number of nitrogens with two attached hydrogens (primary N) is 1. The first kappa shape index (κ1) is 11.4. The summed E-state index contributed by atoms with van der Waals surface area (Å²) in [5, 5.41) is 7.63. The molecule has 2 bridgehead atoms. The Morgan fingerprint density at radius 1 is 1.33 bits per heavy atom. The van der Waals surface area contributed by atoms with Crippen molar-refractivity contribution >= 4 is 11.7 Å². The molecule has 0 amide bonds. The van der Waals surface area contributed by atoms with E-state index in [1.807, 2.05) is 0 Å². The summed E-state index contributed by atoms with van der Waals surface area (Å²) in [4.78, 5) is 10.6. The second-order valence-electron chi connectivity index (χ2n) is 5.48. The van der Waals surface area contributed by atoms with Crippen LogP contribution in [0.3, 0.4) is 0 Å². The number of fused-ring (bicyclic) bond motifs is 2. The van der Waals surface area contributed by atoms with E-state index in [2.05, 4.69) is 14.9 Å². The van der Waals surface area contributed by atoms with Crippen molar-refractivity contribution in [1.82, 2.24) is 9.97 Å². The Morgan fingerprint density at radius 3 is 2.72 bits per heavy atom. The van der Waals surface area contributed by atoms with Gasteiger partial charge in [-0.25, -0.2) is 9.97 Å². The van der Waals surface area contributed by atoms with Gasteiger partial charge in [-0.1, -0.05) is 6.42 Å². The number of nitrogen functional groups attached to an aromatic ring is 1. The zero-order valence-electron chi connectivity index (χ0n) is 10.5. The molecule has 3 rings (SSSR count). The Balaban J connectivity index is 1.88. The lowest BCUT2D eigenvalue weighted by Crippen LogP contribution is -2.43. The Labute approximate surface area is 107 Å². The fraction of sp³-hybridized carbons (Fsp3) is 0.615. The van der Waals surface area contributed by atoms with Crippen LogP contribution in [0.25, 0.3) is 0 Å². The number of nitrogens with one attached hydrogen (secondary N) is 1. The minimum absolute atomic E-state index is 0.0568. The van der Waals surface area contributed by atoms with Crippen LogP contribution in [0.5, 0.6) is 0 Å². The van der Waals surface area contributed by atoms with Gasteiger partial charge in [0, 0.05) is 19.3 Å². The highest BCUT2D eigenvalue weighted by atomic mass is 15.2. The molecule has 2 unspecified atom stereocenters. The minimum Gasteiger partial charge on any atom is -0.384 e. The maximum Gasteiger partial charge on any atom is 0.142 e. The lowest BCUT2D eigenvalue weighted by Gasteiger charge is -2.42. The molecule has 2 atom stereocenters. The third-order valence-corrected chi connectivity index (χ3v) is 4.13. The number of nitrogens with zero attached hydrogens (tertiary/aromatic N) is 3. The maximum atomic E-state index is 7.63. The zero-order valence-corrected chi connectivity index (χ0v) is 10.5. The summed E-state index contributed by atoms with van der Waals surface area (Å²) < 4.78 is 0. The van der Waals surface area contributed by atoms with Gasteiger partial charge in [-0.15, -0.1) is 0 Å². The summed E-state index contributed by atoms with van der Waals surface area (Å²) in [6.07, 6.45) is 8.58. The molecule has 5 nitrogen and oxygen atoms in total. The van der Waals surface area contributed by atoms with Crippen molar-refractivity contribution in [1.29, 1.82) is 5.41 Å². The van der Waals surface area contributed by atoms with Gasteiger partial charge in [0.25, 0.3) is 0 Å². The Hall–Kier alpha value is -1.65. The summed E-state index contributed by atoms with van der Waals surface area (Å²) in [6, 6.07) is 0. The van der Waals surface area contributed by atoms with E-state index in [4.69, 9.17) is 11.1 Å². The summed E-state index contributed by atoms with van der Waals surface area (Å²) in [7, 11) is 0. The zero-order chi connectivity index (χ0) is 12.5. The fourth-order valence-corrected chi connectivity index (χ4v) is 3.37. The second-order valence-corrected chi connectivity index (χ2v) is 5.48. The maximum absolute atomic E-state index is 7.63. The van der Waals surface area contributed by atoms with Gasteiger partial charge in [0.2, 0.25) is 0 Å². The standard InChI is InChI=1S/C13H19N5/c14-12(15)11-5-16-8-17-13(11)18-6-9-2-1-3-10(4-9)7-18/h5,8-10H,1-4,6-7H2,(H3,14,15). The van der Waals surface area contributed by atoms with E-state index in [9.17, 15) is 0 Å². The molecule has 18 heavy (non-hydrogen) atoms. The third kappa shape index (κ3) is 2.05. The highest BCUT2D eigenvalue weighted by Gasteiger charge is 2.32. The second kappa shape index (κ2) is 4.55. The van der Waals surface area contributed by atoms with Crippen LogP contribution in [0.1, 0.15) is 31.2 Å². The van der Waals surface area contributed by atoms with Crippen molar-refractivity contribution in [2.75, 3.05) is 18.0 Å². The number of amidine groups is 1. The van der Waals surface area contributed by atoms with Gasteiger partial charge in [-0.05, 0) is 31.1 Å². The van der Waals surface area contributed by atoms with Crippen LogP contribution in [0.15, 0.2) is 12.5 Å². The van der Waals surface area contributed by atoms with Gasteiger partial charge < -0.3 is 10.6 Å². The molecule has 2 fully saturated rings. The van der Waals surface area contributed by atoms with Crippen molar-refractivity contribution in [2.45, 2.75) is 25.7 Å². The van der Waals surface area contributed by atoms with Crippen molar-refractivity contribution in [3.63, 3.8) is 0 Å². The number of rotatable bonds is 2. The normalized spacial score (nSPS) is 27.0. The first-order valence-corrected chi connectivity index (χ1v) is 6.63. The van der Waals surface area contributed by atoms with Crippen LogP contribution in [0.2, 0.25) is 0 Å². The Morgan fingerprint density at radius 2 is 2.06 bits per heavy atom. The topological polar surface area (TPSA) is 78.9 Å². The number of anilines is 1. The summed E-state index contributed by atoms with van der Waals surface area (Å²) in [5.74, 6) is 2.47. The molecule has 2 heterocycles. The van der Waals surface area contributed by atoms with Crippen molar-refractivity contribution in [2.24, 2.45) is 17.6 Å². The van der Waals surface area contributed by atoms with Gasteiger partial charge >= 0.3 is 0 Å². The van der Waals surface area contributed by atoms with Crippen LogP contribution in [-0.2, 0) is 0 Å². The van der Waals surface area contributed by atoms with Gasteiger partial charge in [0.05, 0.1) is 5.56 Å². The van der Waals surface area contributed by atoms with E-state index in [1.165, 1.54) is 25.7 Å². The fourth-order valence-electron chi connectivity index (χ4n) is 3.37. The monoisotopic (exact) mass is 245 g/mol. The number of aromatic nitrogens is 2. The smallest absolute Gasteiger partial charge is 0.142 e. The predicted octanol–water partition coefficient (Wildman–Crippen LogP) is 1.39. The third-order valence-electron chi connectivity index (χ3n) is 4.13. The van der Waals surface area contributed by atoms with Gasteiger partial charge in [0.1, 0.15) is 18.0 Å². The van der Waals surface area contributed by atoms with Crippen LogP contribution >= 0.6 is 0 Å². The molecule has 3 N–H and O–H groups in total. The van der Waals surface area contributed by atoms with Gasteiger partial charge in [-0.2, -0.15) is 0 Å². The lowest BCUT2D eigenvalue weighted by atomic mass is 9.78. The van der Waals surface area contributed by atoms with Gasteiger partial charge in [0.15, 0.2) is 0 Å². The lowest BCUT2D eigenvalue weighted by molar-refractivity contribution is 0.230. The largest absolute Gasteiger partial charge is 0.384 e. The molecule has 1 aromatic heterocycles. The Bertz CT molecular complexity index is 446. The predicted molar refractivity (Wildman–Crippen MR) is 70.7 cm³/mol. The molecule has 5 heteroatoms. The molecule has 0 aromatic carbocycles. The summed E-state index contributed by atoms with van der Waals surface area (Å²) in [5.41, 5.74) is 6.28. The van der Waals surface area contributed by atoms with Crippen molar-refractivity contribution < 1.29 is 0 Å². The molecule has 1 aromatic rings. The molecule has 1 aliphatic carbocycles. The molecular weight excluding hydrogens is 226 g/mol.